The molecule has 2 saturated heterocycles. The van der Waals surface area contributed by atoms with E-state index < -0.39 is 0 Å². The summed E-state index contributed by atoms with van der Waals surface area (Å²) in [5, 5.41) is 2.99. The zero-order valence-corrected chi connectivity index (χ0v) is 17.9. The number of nitrogens with zero attached hydrogens (tertiary/aromatic N) is 1. The second kappa shape index (κ2) is 10.4. The van der Waals surface area contributed by atoms with Gasteiger partial charge in [0, 0.05) is 24.3 Å². The van der Waals surface area contributed by atoms with Crippen molar-refractivity contribution >= 4 is 23.2 Å². The maximum absolute atomic E-state index is 12.5. The standard InChI is InChI=1S/C24H30N4O3/c29-23(25-20-8-10-21(11-9-20)28-12-4-7-24(28)30)19-27-15-13-26(14-16-27)17-18-31-22-5-2-1-3-6-22/h1-3,5-6,8-11H,4,7,12-19H2,(H,25,29)/p+2. The third-order valence-electron chi connectivity index (χ3n) is 6.08. The summed E-state index contributed by atoms with van der Waals surface area (Å²) in [6.45, 7) is 7.06. The molecule has 0 unspecified atom stereocenters. The number of rotatable bonds is 8. The van der Waals surface area contributed by atoms with Crippen LogP contribution in [0.1, 0.15) is 12.8 Å². The smallest absolute Gasteiger partial charge is 0.279 e. The van der Waals surface area contributed by atoms with E-state index in [0.717, 1.165) is 62.8 Å². The van der Waals surface area contributed by atoms with Crippen LogP contribution in [0.4, 0.5) is 11.4 Å². The summed E-state index contributed by atoms with van der Waals surface area (Å²) in [6, 6.07) is 17.5. The molecule has 0 spiro atoms. The highest BCUT2D eigenvalue weighted by Crippen LogP contribution is 2.22. The Balaban J connectivity index is 1.15. The number of hydrogen-bond donors (Lipinski definition) is 3. The zero-order valence-electron chi connectivity index (χ0n) is 17.9. The van der Waals surface area contributed by atoms with E-state index in [2.05, 4.69) is 5.32 Å². The fourth-order valence-corrected chi connectivity index (χ4v) is 4.29. The van der Waals surface area contributed by atoms with Crippen LogP contribution in [0.15, 0.2) is 54.6 Å². The van der Waals surface area contributed by atoms with Gasteiger partial charge in [-0.05, 0) is 42.8 Å². The molecular formula is C24H32N4O3+2. The van der Waals surface area contributed by atoms with Crippen molar-refractivity contribution in [2.75, 3.05) is 62.6 Å². The number of carbonyl (C=O) groups excluding carboxylic acids is 2. The molecule has 0 aliphatic carbocycles. The summed E-state index contributed by atoms with van der Waals surface area (Å²) in [5.74, 6) is 1.13. The van der Waals surface area contributed by atoms with E-state index >= 15 is 0 Å². The number of benzene rings is 2. The lowest BCUT2D eigenvalue weighted by atomic mass is 10.2. The minimum absolute atomic E-state index is 0.0378. The number of ether oxygens (including phenoxy) is 1. The molecule has 0 atom stereocenters. The highest BCUT2D eigenvalue weighted by Gasteiger charge is 2.25. The monoisotopic (exact) mass is 424 g/mol. The van der Waals surface area contributed by atoms with E-state index in [1.165, 1.54) is 9.80 Å². The van der Waals surface area contributed by atoms with E-state index in [4.69, 9.17) is 4.74 Å². The van der Waals surface area contributed by atoms with Gasteiger partial charge in [0.15, 0.2) is 6.54 Å². The second-order valence-electron chi connectivity index (χ2n) is 8.33. The van der Waals surface area contributed by atoms with Crippen LogP contribution < -0.4 is 24.8 Å². The van der Waals surface area contributed by atoms with Crippen molar-refractivity contribution in [3.8, 4) is 5.75 Å². The van der Waals surface area contributed by atoms with E-state index in [1.807, 2.05) is 59.5 Å². The van der Waals surface area contributed by atoms with Gasteiger partial charge < -0.3 is 24.8 Å². The van der Waals surface area contributed by atoms with Crippen LogP contribution in [0.5, 0.6) is 5.75 Å². The molecule has 0 saturated carbocycles. The molecule has 2 heterocycles. The summed E-state index contributed by atoms with van der Waals surface area (Å²) >= 11 is 0. The molecule has 0 radical (unpaired) electrons. The van der Waals surface area contributed by atoms with Crippen LogP contribution in [0.2, 0.25) is 0 Å². The summed E-state index contributed by atoms with van der Waals surface area (Å²) in [6.07, 6.45) is 1.53. The van der Waals surface area contributed by atoms with Crippen molar-refractivity contribution in [3.05, 3.63) is 54.6 Å². The largest absolute Gasteiger partial charge is 0.488 e. The maximum Gasteiger partial charge on any atom is 0.279 e. The van der Waals surface area contributed by atoms with Crippen LogP contribution in [0.25, 0.3) is 0 Å². The van der Waals surface area contributed by atoms with Gasteiger partial charge in [-0.15, -0.1) is 0 Å². The topological polar surface area (TPSA) is 67.5 Å². The predicted molar refractivity (Wildman–Crippen MR) is 120 cm³/mol. The number of quaternary nitrogens is 2. The van der Waals surface area contributed by atoms with Gasteiger partial charge in [-0.2, -0.15) is 0 Å². The summed E-state index contributed by atoms with van der Waals surface area (Å²) in [7, 11) is 0. The lowest BCUT2D eigenvalue weighted by Gasteiger charge is -2.29. The first-order chi connectivity index (χ1) is 15.2. The Kier molecular flexibility index (Phi) is 7.17. The van der Waals surface area contributed by atoms with Crippen molar-refractivity contribution in [1.29, 1.82) is 0 Å². The molecule has 0 bridgehead atoms. The van der Waals surface area contributed by atoms with Crippen LogP contribution in [0, 0.1) is 0 Å². The van der Waals surface area contributed by atoms with Gasteiger partial charge in [0.05, 0.1) is 0 Å². The number of amides is 2. The molecule has 2 fully saturated rings. The minimum atomic E-state index is 0.0378. The summed E-state index contributed by atoms with van der Waals surface area (Å²) in [5.41, 5.74) is 1.68. The number of piperazine rings is 1. The molecule has 2 aliphatic heterocycles. The normalized spacial score (nSPS) is 21.2. The lowest BCUT2D eigenvalue weighted by Crippen LogP contribution is -3.28. The Bertz CT molecular complexity index is 864. The first-order valence-electron chi connectivity index (χ1n) is 11.2. The average molecular weight is 425 g/mol. The molecule has 4 rings (SSSR count). The Labute approximate surface area is 183 Å². The van der Waals surface area contributed by atoms with Gasteiger partial charge in [-0.3, -0.25) is 9.59 Å². The Morgan fingerprint density at radius 1 is 0.968 bits per heavy atom. The molecule has 2 amide bonds. The van der Waals surface area contributed by atoms with Crippen LogP contribution in [-0.2, 0) is 9.59 Å². The molecule has 3 N–H and O–H groups in total. The minimum Gasteiger partial charge on any atom is -0.488 e. The third kappa shape index (κ3) is 6.06. The van der Waals surface area contributed by atoms with Crippen molar-refractivity contribution in [1.82, 2.24) is 0 Å². The molecule has 31 heavy (non-hydrogen) atoms. The lowest BCUT2D eigenvalue weighted by molar-refractivity contribution is -1.01. The van der Waals surface area contributed by atoms with Crippen LogP contribution >= 0.6 is 0 Å². The maximum atomic E-state index is 12.5. The highest BCUT2D eigenvalue weighted by molar-refractivity contribution is 5.96. The molecule has 7 nitrogen and oxygen atoms in total. The van der Waals surface area contributed by atoms with Gasteiger partial charge in [-0.25, -0.2) is 0 Å². The van der Waals surface area contributed by atoms with Gasteiger partial charge in [0.2, 0.25) is 5.91 Å². The quantitative estimate of drug-likeness (QED) is 0.541. The molecule has 2 aromatic carbocycles. The summed E-state index contributed by atoms with van der Waals surface area (Å²) in [4.78, 5) is 29.0. The summed E-state index contributed by atoms with van der Waals surface area (Å²) < 4.78 is 5.80. The molecule has 0 aromatic heterocycles. The fraction of sp³-hybridized carbons (Fsp3) is 0.417. The van der Waals surface area contributed by atoms with Crippen molar-refractivity contribution in [2.24, 2.45) is 0 Å². The zero-order chi connectivity index (χ0) is 21.5. The Hall–Kier alpha value is -2.90. The Morgan fingerprint density at radius 2 is 1.68 bits per heavy atom. The molecule has 164 valence electrons. The van der Waals surface area contributed by atoms with Gasteiger partial charge in [0.1, 0.15) is 45.1 Å². The van der Waals surface area contributed by atoms with Gasteiger partial charge in [-0.1, -0.05) is 18.2 Å². The van der Waals surface area contributed by atoms with E-state index in [-0.39, 0.29) is 11.8 Å². The SMILES string of the molecule is O=C(C[NH+]1CC[NH+](CCOc2ccccc2)CC1)Nc1ccc(N2CCCC2=O)cc1. The fourth-order valence-electron chi connectivity index (χ4n) is 4.29. The Morgan fingerprint density at radius 3 is 2.35 bits per heavy atom. The van der Waals surface area contributed by atoms with Gasteiger partial charge in [0.25, 0.3) is 5.91 Å². The highest BCUT2D eigenvalue weighted by atomic mass is 16.5. The number of nitrogens with one attached hydrogen (secondary N) is 3. The molecule has 7 heteroatoms. The number of carbonyl (C=O) groups is 2. The molecular weight excluding hydrogens is 392 g/mol. The van der Waals surface area contributed by atoms with Crippen LogP contribution in [-0.4, -0.2) is 64.2 Å². The number of para-hydroxylation sites is 1. The molecule has 2 aromatic rings. The second-order valence-corrected chi connectivity index (χ2v) is 8.33. The predicted octanol–water partition coefficient (Wildman–Crippen LogP) is -0.386. The van der Waals surface area contributed by atoms with Crippen LogP contribution in [0.3, 0.4) is 0 Å². The van der Waals surface area contributed by atoms with Crippen molar-refractivity contribution in [3.63, 3.8) is 0 Å². The van der Waals surface area contributed by atoms with E-state index in [1.54, 1.807) is 0 Å². The third-order valence-corrected chi connectivity index (χ3v) is 6.08. The van der Waals surface area contributed by atoms with E-state index in [0.29, 0.717) is 19.6 Å². The molecule has 2 aliphatic rings. The van der Waals surface area contributed by atoms with Gasteiger partial charge >= 0.3 is 0 Å². The average Bonchev–Trinajstić information content (AvgIpc) is 3.22. The number of anilines is 2. The first kappa shape index (κ1) is 21.3. The van der Waals surface area contributed by atoms with Crippen molar-refractivity contribution in [2.45, 2.75) is 12.8 Å². The van der Waals surface area contributed by atoms with Crippen molar-refractivity contribution < 1.29 is 24.1 Å². The first-order valence-corrected chi connectivity index (χ1v) is 11.2. The van der Waals surface area contributed by atoms with E-state index in [9.17, 15) is 9.59 Å². The number of hydrogen-bond acceptors (Lipinski definition) is 3.